The van der Waals surface area contributed by atoms with E-state index >= 15 is 0 Å². The Balaban J connectivity index is 2.06. The first-order valence-electron chi connectivity index (χ1n) is 6.05. The number of aromatic nitrogens is 3. The second kappa shape index (κ2) is 4.30. The molecule has 0 aromatic carbocycles. The van der Waals surface area contributed by atoms with Crippen LogP contribution >= 0.6 is 0 Å². The summed E-state index contributed by atoms with van der Waals surface area (Å²) in [6, 6.07) is 4.47. The summed E-state index contributed by atoms with van der Waals surface area (Å²) in [4.78, 5) is 4.07. The quantitative estimate of drug-likeness (QED) is 0.828. The number of nitrogens with zero attached hydrogens (tertiary/aromatic N) is 2. The van der Waals surface area contributed by atoms with Gasteiger partial charge in [-0.2, -0.15) is 5.10 Å². The molecule has 0 aliphatic carbocycles. The molecule has 2 N–H and O–H groups in total. The number of hydrogen-bond donors (Lipinski definition) is 2. The number of aryl methyl sites for hydroxylation is 1. The Hall–Kier alpha value is -1.68. The molecule has 0 spiro atoms. The number of aromatic amines is 1. The van der Waals surface area contributed by atoms with Gasteiger partial charge in [0, 0.05) is 23.7 Å². The first kappa shape index (κ1) is 10.5. The highest BCUT2D eigenvalue weighted by molar-refractivity contribution is 5.68. The smallest absolute Gasteiger partial charge is 0.0872 e. The van der Waals surface area contributed by atoms with Gasteiger partial charge in [-0.15, -0.1) is 0 Å². The van der Waals surface area contributed by atoms with Gasteiger partial charge in [-0.05, 0) is 44.0 Å². The average Bonchev–Trinajstić information content (AvgIpc) is 2.98. The van der Waals surface area contributed by atoms with E-state index in [2.05, 4.69) is 27.4 Å². The normalized spacial score (nSPS) is 19.7. The van der Waals surface area contributed by atoms with Gasteiger partial charge in [0.1, 0.15) is 0 Å². The molecule has 0 saturated carbocycles. The van der Waals surface area contributed by atoms with Gasteiger partial charge in [-0.3, -0.25) is 10.1 Å². The molecule has 0 bridgehead atoms. The van der Waals surface area contributed by atoms with Crippen molar-refractivity contribution < 1.29 is 0 Å². The molecule has 0 radical (unpaired) electrons. The summed E-state index contributed by atoms with van der Waals surface area (Å²) in [6.45, 7) is 3.16. The molecule has 1 saturated heterocycles. The van der Waals surface area contributed by atoms with E-state index in [-0.39, 0.29) is 0 Å². The van der Waals surface area contributed by atoms with Gasteiger partial charge < -0.3 is 5.32 Å². The van der Waals surface area contributed by atoms with E-state index < -0.39 is 0 Å². The zero-order valence-corrected chi connectivity index (χ0v) is 9.90. The van der Waals surface area contributed by atoms with E-state index in [1.54, 1.807) is 0 Å². The van der Waals surface area contributed by atoms with Crippen LogP contribution < -0.4 is 5.32 Å². The van der Waals surface area contributed by atoms with Crippen LogP contribution in [0.5, 0.6) is 0 Å². The van der Waals surface area contributed by atoms with Crippen LogP contribution in [0.15, 0.2) is 24.5 Å². The van der Waals surface area contributed by atoms with Crippen LogP contribution in [0, 0.1) is 6.92 Å². The minimum atomic E-state index is 0.392. The molecule has 4 heteroatoms. The summed E-state index contributed by atoms with van der Waals surface area (Å²) in [5.74, 6) is 0. The van der Waals surface area contributed by atoms with Crippen molar-refractivity contribution in [1.29, 1.82) is 0 Å². The van der Waals surface area contributed by atoms with Gasteiger partial charge in [-0.25, -0.2) is 0 Å². The van der Waals surface area contributed by atoms with E-state index in [0.29, 0.717) is 6.04 Å². The summed E-state index contributed by atoms with van der Waals surface area (Å²) < 4.78 is 0. The molecule has 1 aliphatic rings. The molecule has 1 atom stereocenters. The maximum atomic E-state index is 4.47. The van der Waals surface area contributed by atoms with E-state index in [1.165, 1.54) is 24.0 Å². The molecule has 0 amide bonds. The predicted molar refractivity (Wildman–Crippen MR) is 66.5 cm³/mol. The third-order valence-corrected chi connectivity index (χ3v) is 3.33. The number of hydrogen-bond acceptors (Lipinski definition) is 3. The van der Waals surface area contributed by atoms with Gasteiger partial charge in [0.2, 0.25) is 0 Å². The summed E-state index contributed by atoms with van der Waals surface area (Å²) in [5, 5.41) is 11.1. The molecule has 3 rings (SSSR count). The molecule has 1 fully saturated rings. The summed E-state index contributed by atoms with van der Waals surface area (Å²) >= 11 is 0. The maximum Gasteiger partial charge on any atom is 0.0872 e. The fourth-order valence-electron chi connectivity index (χ4n) is 2.50. The Bertz CT molecular complexity index is 497. The van der Waals surface area contributed by atoms with Crippen LogP contribution in [0.4, 0.5) is 0 Å². The Morgan fingerprint density at radius 1 is 1.29 bits per heavy atom. The summed E-state index contributed by atoms with van der Waals surface area (Å²) in [6.07, 6.45) is 6.05. The topological polar surface area (TPSA) is 53.6 Å². The Morgan fingerprint density at radius 2 is 2.12 bits per heavy atom. The second-order valence-corrected chi connectivity index (χ2v) is 4.49. The number of pyridine rings is 1. The van der Waals surface area contributed by atoms with Gasteiger partial charge in [0.25, 0.3) is 0 Å². The molecule has 1 aliphatic heterocycles. The van der Waals surface area contributed by atoms with Crippen LogP contribution in [0.3, 0.4) is 0 Å². The highest BCUT2D eigenvalue weighted by Gasteiger charge is 2.23. The lowest BCUT2D eigenvalue weighted by Gasteiger charge is -2.10. The first-order valence-corrected chi connectivity index (χ1v) is 6.05. The minimum Gasteiger partial charge on any atom is -0.309 e. The van der Waals surface area contributed by atoms with E-state index in [0.717, 1.165) is 17.9 Å². The highest BCUT2D eigenvalue weighted by Crippen LogP contribution is 2.32. The van der Waals surface area contributed by atoms with Crippen molar-refractivity contribution in [2.24, 2.45) is 0 Å². The fourth-order valence-corrected chi connectivity index (χ4v) is 2.50. The zero-order valence-electron chi connectivity index (χ0n) is 9.90. The van der Waals surface area contributed by atoms with E-state index in [1.807, 2.05) is 24.5 Å². The summed E-state index contributed by atoms with van der Waals surface area (Å²) in [7, 11) is 0. The lowest BCUT2D eigenvalue weighted by molar-refractivity contribution is 0.626. The molecule has 1 unspecified atom stereocenters. The van der Waals surface area contributed by atoms with E-state index in [9.17, 15) is 0 Å². The molecule has 4 nitrogen and oxygen atoms in total. The number of nitrogens with one attached hydrogen (secondary N) is 2. The largest absolute Gasteiger partial charge is 0.309 e. The first-order chi connectivity index (χ1) is 8.36. The van der Waals surface area contributed by atoms with Crippen molar-refractivity contribution in [3.05, 3.63) is 35.9 Å². The third kappa shape index (κ3) is 1.85. The predicted octanol–water partition coefficient (Wildman–Crippen LogP) is 2.20. The van der Waals surface area contributed by atoms with Crippen molar-refractivity contribution >= 4 is 0 Å². The second-order valence-electron chi connectivity index (χ2n) is 4.49. The Labute approximate surface area is 100 Å². The lowest BCUT2D eigenvalue weighted by Crippen LogP contribution is -2.14. The summed E-state index contributed by atoms with van der Waals surface area (Å²) in [5.41, 5.74) is 4.69. The number of rotatable bonds is 2. The van der Waals surface area contributed by atoms with E-state index in [4.69, 9.17) is 0 Å². The van der Waals surface area contributed by atoms with Crippen LogP contribution in [0.1, 0.15) is 30.3 Å². The van der Waals surface area contributed by atoms with Crippen LogP contribution in [-0.4, -0.2) is 21.7 Å². The standard InChI is InChI=1S/C13H16N4/c1-9-12(10-4-7-14-8-5-10)13(17-16-9)11-3-2-6-15-11/h4-5,7-8,11,15H,2-3,6H2,1H3,(H,16,17). The van der Waals surface area contributed by atoms with Crippen LogP contribution in [0.2, 0.25) is 0 Å². The molecule has 17 heavy (non-hydrogen) atoms. The Morgan fingerprint density at radius 3 is 2.82 bits per heavy atom. The van der Waals surface area contributed by atoms with Crippen LogP contribution in [0.25, 0.3) is 11.1 Å². The van der Waals surface area contributed by atoms with Crippen molar-refractivity contribution in [3.8, 4) is 11.1 Å². The van der Waals surface area contributed by atoms with Gasteiger partial charge >= 0.3 is 0 Å². The fraction of sp³-hybridized carbons (Fsp3) is 0.385. The van der Waals surface area contributed by atoms with Crippen molar-refractivity contribution in [3.63, 3.8) is 0 Å². The molecule has 2 aromatic heterocycles. The van der Waals surface area contributed by atoms with Crippen molar-refractivity contribution in [1.82, 2.24) is 20.5 Å². The van der Waals surface area contributed by atoms with Gasteiger partial charge in [0.15, 0.2) is 0 Å². The minimum absolute atomic E-state index is 0.392. The highest BCUT2D eigenvalue weighted by atomic mass is 15.1. The molecule has 3 heterocycles. The zero-order chi connectivity index (χ0) is 11.7. The Kier molecular flexibility index (Phi) is 2.65. The van der Waals surface area contributed by atoms with Gasteiger partial charge in [0.05, 0.1) is 11.7 Å². The SMILES string of the molecule is Cc1[nH]nc(C2CCCN2)c1-c1ccncc1. The van der Waals surface area contributed by atoms with Gasteiger partial charge in [-0.1, -0.05) is 0 Å². The third-order valence-electron chi connectivity index (χ3n) is 3.33. The number of H-pyrrole nitrogens is 1. The van der Waals surface area contributed by atoms with Crippen molar-refractivity contribution in [2.45, 2.75) is 25.8 Å². The molecular formula is C13H16N4. The lowest BCUT2D eigenvalue weighted by atomic mass is 10.00. The van der Waals surface area contributed by atoms with Crippen molar-refractivity contribution in [2.75, 3.05) is 6.54 Å². The average molecular weight is 228 g/mol. The molecule has 2 aromatic rings. The molecular weight excluding hydrogens is 212 g/mol. The van der Waals surface area contributed by atoms with Crippen LogP contribution in [-0.2, 0) is 0 Å². The maximum absolute atomic E-state index is 4.47. The monoisotopic (exact) mass is 228 g/mol. The molecule has 88 valence electrons.